The van der Waals surface area contributed by atoms with Crippen molar-refractivity contribution in [3.8, 4) is 0 Å². The van der Waals surface area contributed by atoms with E-state index in [1.807, 2.05) is 4.90 Å². The molecule has 0 spiro atoms. The minimum atomic E-state index is -0.957. The molecule has 1 saturated carbocycles. The Bertz CT molecular complexity index is 922. The number of anilines is 1. The molecule has 2 fully saturated rings. The fourth-order valence-electron chi connectivity index (χ4n) is 6.34. The number of unbranched alkanes of at least 4 members (excludes halogenated alkanes) is 4. The van der Waals surface area contributed by atoms with Crippen LogP contribution in [0.4, 0.5) is 5.82 Å². The van der Waals surface area contributed by atoms with Crippen molar-refractivity contribution in [2.75, 3.05) is 25.0 Å². The van der Waals surface area contributed by atoms with Gasteiger partial charge in [-0.3, -0.25) is 9.59 Å². The third-order valence-electron chi connectivity index (χ3n) is 8.32. The molecule has 8 nitrogen and oxygen atoms in total. The van der Waals surface area contributed by atoms with Crippen molar-refractivity contribution in [3.05, 3.63) is 23.4 Å². The van der Waals surface area contributed by atoms with Crippen molar-refractivity contribution in [2.24, 2.45) is 17.8 Å². The Balaban J connectivity index is 1.16. The number of carbonyl (C=O) groups excluding carboxylic acids is 2. The molecule has 1 saturated heterocycles. The molecular weight excluding hydrogens is 456 g/mol. The summed E-state index contributed by atoms with van der Waals surface area (Å²) in [5.41, 5.74) is 2.45. The van der Waals surface area contributed by atoms with Crippen LogP contribution in [-0.4, -0.2) is 58.5 Å². The summed E-state index contributed by atoms with van der Waals surface area (Å²) in [6.45, 7) is 3.80. The Labute approximate surface area is 214 Å². The number of nitrogens with one attached hydrogen (secondary N) is 2. The number of fused-ring (bicyclic) bond motifs is 3. The van der Waals surface area contributed by atoms with E-state index in [9.17, 15) is 19.5 Å². The molecule has 2 aliphatic heterocycles. The topological polar surface area (TPSA) is 112 Å². The minimum Gasteiger partial charge on any atom is -0.480 e. The Morgan fingerprint density at radius 3 is 2.53 bits per heavy atom. The van der Waals surface area contributed by atoms with E-state index in [2.05, 4.69) is 22.8 Å². The second-order valence-electron chi connectivity index (χ2n) is 10.9. The first-order valence-corrected chi connectivity index (χ1v) is 13.9. The molecule has 36 heavy (non-hydrogen) atoms. The van der Waals surface area contributed by atoms with E-state index >= 15 is 0 Å². The molecule has 3 N–H and O–H groups in total. The van der Waals surface area contributed by atoms with E-state index < -0.39 is 12.0 Å². The molecule has 1 aromatic rings. The zero-order chi connectivity index (χ0) is 25.5. The lowest BCUT2D eigenvalue weighted by Crippen LogP contribution is -2.56. The molecule has 1 aliphatic carbocycles. The zero-order valence-electron chi connectivity index (χ0n) is 21.6. The third kappa shape index (κ3) is 6.77. The molecule has 0 aromatic carbocycles. The van der Waals surface area contributed by atoms with Gasteiger partial charge in [0.25, 0.3) is 0 Å². The minimum absolute atomic E-state index is 0.0603. The molecule has 2 amide bonds. The lowest BCUT2D eigenvalue weighted by Gasteiger charge is -2.46. The monoisotopic (exact) mass is 498 g/mol. The number of likely N-dealkylation sites (tertiary alicyclic amines) is 1. The van der Waals surface area contributed by atoms with Gasteiger partial charge in [0.2, 0.25) is 11.8 Å². The van der Waals surface area contributed by atoms with Crippen LogP contribution in [0, 0.1) is 17.8 Å². The van der Waals surface area contributed by atoms with E-state index in [4.69, 9.17) is 4.98 Å². The van der Waals surface area contributed by atoms with Gasteiger partial charge < -0.3 is 20.6 Å². The van der Waals surface area contributed by atoms with Crippen LogP contribution in [-0.2, 0) is 27.2 Å². The smallest absolute Gasteiger partial charge is 0.326 e. The lowest BCUT2D eigenvalue weighted by molar-refractivity contribution is -0.147. The van der Waals surface area contributed by atoms with Gasteiger partial charge in [0.05, 0.1) is 0 Å². The van der Waals surface area contributed by atoms with Crippen molar-refractivity contribution in [2.45, 2.75) is 90.0 Å². The standard InChI is InChI=1S/C28H42N4O4/c1-19(33)32-17-21-9-7-10-22(18-32)25(21)27(34)31-24(28(35)36)13-6-4-2-3-5-12-23-15-14-20-11-8-16-29-26(20)30-23/h14-15,21-22,24-25H,2-13,16-18H2,1H3,(H,29,30)(H,31,34)(H,35,36)/t21-,22+,24-,25-/m0/s1. The number of carboxylic acids is 1. The molecule has 4 atom stereocenters. The van der Waals surface area contributed by atoms with E-state index in [0.717, 1.165) is 82.3 Å². The fraction of sp³-hybridized carbons (Fsp3) is 0.714. The van der Waals surface area contributed by atoms with Crippen molar-refractivity contribution >= 4 is 23.6 Å². The second kappa shape index (κ2) is 12.5. The number of pyridine rings is 1. The number of carbonyl (C=O) groups is 3. The highest BCUT2D eigenvalue weighted by Crippen LogP contribution is 2.40. The van der Waals surface area contributed by atoms with Crippen LogP contribution in [0.2, 0.25) is 0 Å². The number of rotatable bonds is 11. The normalized spacial score (nSPS) is 23.8. The first-order valence-electron chi connectivity index (χ1n) is 13.9. The van der Waals surface area contributed by atoms with Crippen molar-refractivity contribution in [1.82, 2.24) is 15.2 Å². The number of aliphatic carboxylic acids is 1. The predicted molar refractivity (Wildman–Crippen MR) is 139 cm³/mol. The number of carboxylic acid groups (broad SMARTS) is 1. The van der Waals surface area contributed by atoms with Gasteiger partial charge in [-0.2, -0.15) is 0 Å². The van der Waals surface area contributed by atoms with Gasteiger partial charge in [0.15, 0.2) is 0 Å². The summed E-state index contributed by atoms with van der Waals surface area (Å²) in [7, 11) is 0. The van der Waals surface area contributed by atoms with Gasteiger partial charge >= 0.3 is 5.97 Å². The maximum absolute atomic E-state index is 13.1. The summed E-state index contributed by atoms with van der Waals surface area (Å²) in [5.74, 6) is 0.115. The van der Waals surface area contributed by atoms with Crippen LogP contribution in [0.1, 0.15) is 82.4 Å². The molecule has 3 heterocycles. The van der Waals surface area contributed by atoms with Gasteiger partial charge in [-0.05, 0) is 68.4 Å². The molecule has 2 bridgehead atoms. The average Bonchev–Trinajstić information content (AvgIpc) is 2.86. The van der Waals surface area contributed by atoms with Crippen LogP contribution in [0.3, 0.4) is 0 Å². The summed E-state index contributed by atoms with van der Waals surface area (Å²) in [5, 5.41) is 15.9. The van der Waals surface area contributed by atoms with Crippen LogP contribution >= 0.6 is 0 Å². The van der Waals surface area contributed by atoms with Crippen molar-refractivity contribution < 1.29 is 19.5 Å². The molecule has 4 rings (SSSR count). The van der Waals surface area contributed by atoms with E-state index in [-0.39, 0.29) is 29.6 Å². The van der Waals surface area contributed by atoms with Crippen LogP contribution < -0.4 is 10.6 Å². The summed E-state index contributed by atoms with van der Waals surface area (Å²) in [6, 6.07) is 3.50. The SMILES string of the molecule is CC(=O)N1C[C@H]2CCC[C@@H](C1)[C@@H]2C(=O)N[C@@H](CCCCCCCc1ccc2c(n1)NCCC2)C(=O)O. The third-order valence-corrected chi connectivity index (χ3v) is 8.32. The lowest BCUT2D eigenvalue weighted by atomic mass is 9.68. The number of amides is 2. The molecule has 3 aliphatic rings. The maximum Gasteiger partial charge on any atom is 0.326 e. The number of piperidine rings is 1. The van der Waals surface area contributed by atoms with Crippen LogP contribution in [0.15, 0.2) is 12.1 Å². The van der Waals surface area contributed by atoms with Gasteiger partial charge in [0, 0.05) is 38.2 Å². The Hall–Kier alpha value is -2.64. The number of hydrogen-bond acceptors (Lipinski definition) is 5. The van der Waals surface area contributed by atoms with Gasteiger partial charge in [-0.15, -0.1) is 0 Å². The highest BCUT2D eigenvalue weighted by atomic mass is 16.4. The molecular formula is C28H42N4O4. The second-order valence-corrected chi connectivity index (χ2v) is 10.9. The van der Waals surface area contributed by atoms with Crippen molar-refractivity contribution in [1.29, 1.82) is 0 Å². The van der Waals surface area contributed by atoms with Gasteiger partial charge in [-0.25, -0.2) is 9.78 Å². The summed E-state index contributed by atoms with van der Waals surface area (Å²) < 4.78 is 0. The maximum atomic E-state index is 13.1. The summed E-state index contributed by atoms with van der Waals surface area (Å²) in [6.07, 6.45) is 11.6. The largest absolute Gasteiger partial charge is 0.480 e. The number of nitrogens with zero attached hydrogens (tertiary/aromatic N) is 2. The number of hydrogen-bond donors (Lipinski definition) is 3. The first-order chi connectivity index (χ1) is 17.4. The van der Waals surface area contributed by atoms with Gasteiger partial charge in [-0.1, -0.05) is 38.2 Å². The predicted octanol–water partition coefficient (Wildman–Crippen LogP) is 3.79. The summed E-state index contributed by atoms with van der Waals surface area (Å²) in [4.78, 5) is 43.4. The highest BCUT2D eigenvalue weighted by Gasteiger charge is 2.44. The summed E-state index contributed by atoms with van der Waals surface area (Å²) >= 11 is 0. The molecule has 8 heteroatoms. The Morgan fingerprint density at radius 2 is 1.81 bits per heavy atom. The fourth-order valence-corrected chi connectivity index (χ4v) is 6.34. The molecule has 0 radical (unpaired) electrons. The van der Waals surface area contributed by atoms with Crippen molar-refractivity contribution in [3.63, 3.8) is 0 Å². The van der Waals surface area contributed by atoms with E-state index in [1.54, 1.807) is 6.92 Å². The zero-order valence-corrected chi connectivity index (χ0v) is 21.6. The Morgan fingerprint density at radius 1 is 1.08 bits per heavy atom. The number of aromatic nitrogens is 1. The van der Waals surface area contributed by atoms with Crippen LogP contribution in [0.5, 0.6) is 0 Å². The molecule has 0 unspecified atom stereocenters. The molecule has 1 aromatic heterocycles. The Kier molecular flexibility index (Phi) is 9.21. The average molecular weight is 499 g/mol. The quantitative estimate of drug-likeness (QED) is 0.400. The first kappa shape index (κ1) is 26.4. The van der Waals surface area contributed by atoms with E-state index in [1.165, 1.54) is 12.0 Å². The number of aryl methyl sites for hydroxylation is 2. The van der Waals surface area contributed by atoms with Crippen LogP contribution in [0.25, 0.3) is 0 Å². The van der Waals surface area contributed by atoms with E-state index in [0.29, 0.717) is 19.5 Å². The van der Waals surface area contributed by atoms with Gasteiger partial charge in [0.1, 0.15) is 11.9 Å². The molecule has 198 valence electrons. The highest BCUT2D eigenvalue weighted by molar-refractivity contribution is 5.85.